The Morgan fingerprint density at radius 1 is 1.12 bits per heavy atom. The lowest BCUT2D eigenvalue weighted by Gasteiger charge is -2.17. The van der Waals surface area contributed by atoms with Gasteiger partial charge in [0.25, 0.3) is 5.91 Å². The SMILES string of the molecule is O=C(Nc1ccccc1O)c1occc1CN1C(=O)Cc2ccccc21. The van der Waals surface area contributed by atoms with Crippen LogP contribution in [0.4, 0.5) is 11.4 Å². The maximum absolute atomic E-state index is 12.5. The minimum absolute atomic E-state index is 0.0144. The van der Waals surface area contributed by atoms with E-state index < -0.39 is 5.91 Å². The van der Waals surface area contributed by atoms with E-state index in [1.165, 1.54) is 12.3 Å². The van der Waals surface area contributed by atoms with E-state index >= 15 is 0 Å². The molecule has 0 radical (unpaired) electrons. The van der Waals surface area contributed by atoms with Crippen molar-refractivity contribution in [3.8, 4) is 5.75 Å². The lowest BCUT2D eigenvalue weighted by molar-refractivity contribution is -0.117. The molecule has 0 aliphatic carbocycles. The minimum atomic E-state index is -0.480. The van der Waals surface area contributed by atoms with Gasteiger partial charge in [-0.05, 0) is 29.8 Å². The van der Waals surface area contributed by atoms with Crippen LogP contribution in [0.25, 0.3) is 0 Å². The van der Waals surface area contributed by atoms with E-state index in [1.54, 1.807) is 29.2 Å². The molecule has 0 unspecified atom stereocenters. The van der Waals surface area contributed by atoms with Crippen molar-refractivity contribution in [1.29, 1.82) is 0 Å². The van der Waals surface area contributed by atoms with Gasteiger partial charge >= 0.3 is 0 Å². The summed E-state index contributed by atoms with van der Waals surface area (Å²) in [6, 6.07) is 15.7. The number of carbonyl (C=O) groups excluding carboxylic acids is 2. The predicted octanol–water partition coefficient (Wildman–Crippen LogP) is 3.33. The highest BCUT2D eigenvalue weighted by atomic mass is 16.3. The molecule has 130 valence electrons. The van der Waals surface area contributed by atoms with Crippen molar-refractivity contribution in [1.82, 2.24) is 0 Å². The Hall–Kier alpha value is -3.54. The summed E-state index contributed by atoms with van der Waals surface area (Å²) >= 11 is 0. The van der Waals surface area contributed by atoms with Crippen molar-refractivity contribution in [3.63, 3.8) is 0 Å². The van der Waals surface area contributed by atoms with Crippen LogP contribution in [-0.2, 0) is 17.8 Å². The van der Waals surface area contributed by atoms with E-state index in [2.05, 4.69) is 5.32 Å². The first kappa shape index (κ1) is 16.0. The normalized spacial score (nSPS) is 12.9. The number of nitrogens with zero attached hydrogens (tertiary/aromatic N) is 1. The number of carbonyl (C=O) groups is 2. The van der Waals surface area contributed by atoms with Crippen LogP contribution in [0.15, 0.2) is 65.3 Å². The molecule has 0 spiro atoms. The van der Waals surface area contributed by atoms with Crippen molar-refractivity contribution >= 4 is 23.2 Å². The van der Waals surface area contributed by atoms with Crippen LogP contribution in [0.5, 0.6) is 5.75 Å². The van der Waals surface area contributed by atoms with E-state index in [-0.39, 0.29) is 24.0 Å². The lowest BCUT2D eigenvalue weighted by atomic mass is 10.1. The molecular weight excluding hydrogens is 332 g/mol. The zero-order chi connectivity index (χ0) is 18.1. The second-order valence-electron chi connectivity index (χ2n) is 6.03. The van der Waals surface area contributed by atoms with E-state index in [1.807, 2.05) is 24.3 Å². The predicted molar refractivity (Wildman–Crippen MR) is 96.1 cm³/mol. The number of para-hydroxylation sites is 3. The Morgan fingerprint density at radius 2 is 1.88 bits per heavy atom. The highest BCUT2D eigenvalue weighted by Gasteiger charge is 2.28. The Bertz CT molecular complexity index is 993. The minimum Gasteiger partial charge on any atom is -0.506 e. The summed E-state index contributed by atoms with van der Waals surface area (Å²) in [5.41, 5.74) is 2.72. The number of fused-ring (bicyclic) bond motifs is 1. The van der Waals surface area contributed by atoms with Gasteiger partial charge in [-0.15, -0.1) is 0 Å². The molecule has 3 aromatic rings. The highest BCUT2D eigenvalue weighted by Crippen LogP contribution is 2.31. The van der Waals surface area contributed by atoms with Crippen LogP contribution in [0.3, 0.4) is 0 Å². The highest BCUT2D eigenvalue weighted by molar-refractivity contribution is 6.05. The van der Waals surface area contributed by atoms with Crippen molar-refractivity contribution in [3.05, 3.63) is 77.7 Å². The van der Waals surface area contributed by atoms with E-state index in [9.17, 15) is 14.7 Å². The first-order valence-corrected chi connectivity index (χ1v) is 8.17. The first-order valence-electron chi connectivity index (χ1n) is 8.17. The molecule has 0 fully saturated rings. The number of nitrogens with one attached hydrogen (secondary N) is 1. The van der Waals surface area contributed by atoms with Crippen LogP contribution >= 0.6 is 0 Å². The number of hydrogen-bond acceptors (Lipinski definition) is 4. The van der Waals surface area contributed by atoms with E-state index in [4.69, 9.17) is 4.42 Å². The standard InChI is InChI=1S/C20H16N2O4/c23-17-8-4-2-6-15(17)21-20(25)19-14(9-10-26-19)12-22-16-7-3-1-5-13(16)11-18(22)24/h1-10,23H,11-12H2,(H,21,25). The molecule has 2 amide bonds. The maximum atomic E-state index is 12.5. The van der Waals surface area contributed by atoms with Gasteiger partial charge in [-0.1, -0.05) is 30.3 Å². The molecule has 0 bridgehead atoms. The second kappa shape index (κ2) is 6.40. The largest absolute Gasteiger partial charge is 0.506 e. The Labute approximate surface area is 149 Å². The Balaban J connectivity index is 1.57. The maximum Gasteiger partial charge on any atom is 0.291 e. The summed E-state index contributed by atoms with van der Waals surface area (Å²) in [6.45, 7) is 0.246. The molecule has 2 N–H and O–H groups in total. The summed E-state index contributed by atoms with van der Waals surface area (Å²) in [5, 5.41) is 12.4. The fraction of sp³-hybridized carbons (Fsp3) is 0.100. The molecular formula is C20H16N2O4. The average Bonchev–Trinajstić information content (AvgIpc) is 3.22. The third-order valence-electron chi connectivity index (χ3n) is 4.36. The summed E-state index contributed by atoms with van der Waals surface area (Å²) in [4.78, 5) is 26.5. The van der Waals surface area contributed by atoms with Gasteiger partial charge in [-0.25, -0.2) is 0 Å². The fourth-order valence-corrected chi connectivity index (χ4v) is 3.08. The molecule has 6 nitrogen and oxygen atoms in total. The number of aromatic hydroxyl groups is 1. The number of phenolic OH excluding ortho intramolecular Hbond substituents is 1. The molecule has 1 aliphatic rings. The second-order valence-corrected chi connectivity index (χ2v) is 6.03. The number of furan rings is 1. The zero-order valence-electron chi connectivity index (χ0n) is 13.8. The van der Waals surface area contributed by atoms with Gasteiger partial charge in [-0.2, -0.15) is 0 Å². The van der Waals surface area contributed by atoms with Crippen molar-refractivity contribution in [2.45, 2.75) is 13.0 Å². The molecule has 1 aliphatic heterocycles. The fourth-order valence-electron chi connectivity index (χ4n) is 3.08. The quantitative estimate of drug-likeness (QED) is 0.709. The zero-order valence-corrected chi connectivity index (χ0v) is 13.8. The molecule has 1 aromatic heterocycles. The molecule has 2 aromatic carbocycles. The molecule has 4 rings (SSSR count). The third kappa shape index (κ3) is 2.82. The monoisotopic (exact) mass is 348 g/mol. The topological polar surface area (TPSA) is 82.8 Å². The number of amides is 2. The van der Waals surface area contributed by atoms with Crippen LogP contribution in [0.2, 0.25) is 0 Å². The number of anilines is 2. The number of phenols is 1. The van der Waals surface area contributed by atoms with Gasteiger partial charge in [0.2, 0.25) is 5.91 Å². The van der Waals surface area contributed by atoms with E-state index in [0.29, 0.717) is 17.7 Å². The summed E-state index contributed by atoms with van der Waals surface area (Å²) < 4.78 is 5.34. The summed E-state index contributed by atoms with van der Waals surface area (Å²) in [7, 11) is 0. The smallest absolute Gasteiger partial charge is 0.291 e. The van der Waals surface area contributed by atoms with Crippen LogP contribution in [-0.4, -0.2) is 16.9 Å². The lowest BCUT2D eigenvalue weighted by Crippen LogP contribution is -2.27. The van der Waals surface area contributed by atoms with Crippen molar-refractivity contribution < 1.29 is 19.1 Å². The van der Waals surface area contributed by atoms with Gasteiger partial charge in [0.05, 0.1) is 24.9 Å². The molecule has 2 heterocycles. The summed E-state index contributed by atoms with van der Waals surface area (Å²) in [5.74, 6) is -0.408. The van der Waals surface area contributed by atoms with Gasteiger partial charge in [0.1, 0.15) is 5.75 Å². The number of rotatable bonds is 4. The number of hydrogen-bond donors (Lipinski definition) is 2. The molecule has 0 atom stereocenters. The van der Waals surface area contributed by atoms with Gasteiger partial charge < -0.3 is 19.7 Å². The molecule has 0 saturated carbocycles. The van der Waals surface area contributed by atoms with Crippen LogP contribution < -0.4 is 10.2 Å². The van der Waals surface area contributed by atoms with Gasteiger partial charge in [0, 0.05) is 11.3 Å². The van der Waals surface area contributed by atoms with E-state index in [0.717, 1.165) is 11.3 Å². The third-order valence-corrected chi connectivity index (χ3v) is 4.36. The molecule has 0 saturated heterocycles. The van der Waals surface area contributed by atoms with Crippen LogP contribution in [0, 0.1) is 0 Å². The van der Waals surface area contributed by atoms with Gasteiger partial charge in [0.15, 0.2) is 5.76 Å². The Kier molecular flexibility index (Phi) is 3.93. The average molecular weight is 348 g/mol. The Morgan fingerprint density at radius 3 is 2.73 bits per heavy atom. The first-order chi connectivity index (χ1) is 12.6. The summed E-state index contributed by atoms with van der Waals surface area (Å²) in [6.07, 6.45) is 1.77. The number of benzene rings is 2. The van der Waals surface area contributed by atoms with Gasteiger partial charge in [-0.3, -0.25) is 9.59 Å². The molecule has 6 heteroatoms. The molecule has 26 heavy (non-hydrogen) atoms. The van der Waals surface area contributed by atoms with Crippen LogP contribution in [0.1, 0.15) is 21.7 Å². The van der Waals surface area contributed by atoms with Crippen molar-refractivity contribution in [2.75, 3.05) is 10.2 Å². The van der Waals surface area contributed by atoms with Crippen molar-refractivity contribution in [2.24, 2.45) is 0 Å².